The standard InChI is InChI=1S/C68H66N4O/c1-44(2)34-48-37-49(35-45(3)4)39-51(38-48)59-24-17-23-58(50-28-30-57(47(6)36-50)56-21-11-10-18-46(56)5)67(59)71-43-70(63-26-14-15-27-64(63)71)53-19-16-20-54(41-53)73-55-29-31-61-60-22-12-13-25-62(60)72(65(61)42-55)66-40-52(32-33-69-66)68(7,8)9/h10-33,36-42,44-45H,34-35,43H2,1-9H3/i5D3,6D3,34D2,35D2. The molecule has 2 aromatic heterocycles. The number of hydrogen-bond donors (Lipinski definition) is 0. The van der Waals surface area contributed by atoms with Crippen molar-refractivity contribution >= 4 is 44.6 Å². The number of para-hydroxylation sites is 4. The van der Waals surface area contributed by atoms with Gasteiger partial charge in [0.1, 0.15) is 24.0 Å². The molecule has 0 saturated carbocycles. The lowest BCUT2D eigenvalue weighted by molar-refractivity contribution is 0.483. The van der Waals surface area contributed by atoms with Gasteiger partial charge >= 0.3 is 0 Å². The topological polar surface area (TPSA) is 33.5 Å². The summed E-state index contributed by atoms with van der Waals surface area (Å²) in [4.78, 5) is 9.25. The maximum atomic E-state index is 9.37. The number of anilines is 4. The van der Waals surface area contributed by atoms with Gasteiger partial charge in [-0.2, -0.15) is 0 Å². The van der Waals surface area contributed by atoms with Crippen LogP contribution < -0.4 is 14.5 Å². The van der Waals surface area contributed by atoms with Crippen LogP contribution in [0, 0.1) is 25.5 Å². The molecule has 73 heavy (non-hydrogen) atoms. The highest BCUT2D eigenvalue weighted by Crippen LogP contribution is 2.51. The number of nitrogens with zero attached hydrogens (tertiary/aromatic N) is 4. The van der Waals surface area contributed by atoms with Crippen molar-refractivity contribution in [3.05, 3.63) is 216 Å². The minimum absolute atomic E-state index is 0.0186. The zero-order valence-corrected chi connectivity index (χ0v) is 42.5. The maximum Gasteiger partial charge on any atom is 0.137 e. The molecule has 11 rings (SSSR count). The van der Waals surface area contributed by atoms with Crippen molar-refractivity contribution in [2.75, 3.05) is 16.5 Å². The summed E-state index contributed by atoms with van der Waals surface area (Å²) in [5.41, 5.74) is 10.0. The maximum absolute atomic E-state index is 9.37. The molecule has 8 aromatic carbocycles. The van der Waals surface area contributed by atoms with Crippen LogP contribution in [0.2, 0.25) is 0 Å². The van der Waals surface area contributed by atoms with Gasteiger partial charge in [-0.3, -0.25) is 4.57 Å². The van der Waals surface area contributed by atoms with Gasteiger partial charge < -0.3 is 14.5 Å². The fourth-order valence-electron chi connectivity index (χ4n) is 10.3. The number of rotatable bonds is 12. The number of hydrogen-bond acceptors (Lipinski definition) is 4. The van der Waals surface area contributed by atoms with Crippen LogP contribution >= 0.6 is 0 Å². The van der Waals surface area contributed by atoms with Crippen molar-refractivity contribution in [3.63, 3.8) is 0 Å². The van der Waals surface area contributed by atoms with Crippen LogP contribution in [-0.2, 0) is 18.2 Å². The summed E-state index contributed by atoms with van der Waals surface area (Å²) in [6.07, 6.45) is -1.81. The van der Waals surface area contributed by atoms with E-state index in [1.807, 2.05) is 125 Å². The van der Waals surface area contributed by atoms with E-state index in [9.17, 15) is 5.48 Å². The SMILES string of the molecule is [2H]C([2H])([2H])c1ccccc1-c1ccc(-c2cccc(-c3cc(C([2H])([2H])C(C)C)cc(C([2H])([2H])C(C)C)c3)c2N2CN(c3cccc(Oc4ccc5c6ccccc6n(-c6cc(C(C)(C)C)ccn6)c5c4)c3)c3ccccc32)cc1C([2H])([2H])[2H]. The van der Waals surface area contributed by atoms with E-state index in [1.54, 1.807) is 36.4 Å². The molecule has 0 aliphatic carbocycles. The van der Waals surface area contributed by atoms with E-state index >= 15 is 0 Å². The van der Waals surface area contributed by atoms with Crippen molar-refractivity contribution in [1.29, 1.82) is 0 Å². The third-order valence-electron chi connectivity index (χ3n) is 13.6. The smallest absolute Gasteiger partial charge is 0.137 e. The summed E-state index contributed by atoms with van der Waals surface area (Å²) in [5.74, 6) is 1.17. The van der Waals surface area contributed by atoms with Gasteiger partial charge in [-0.15, -0.1) is 0 Å². The van der Waals surface area contributed by atoms with Crippen LogP contribution in [0.4, 0.5) is 22.7 Å². The Morgan fingerprint density at radius 2 is 1.19 bits per heavy atom. The Morgan fingerprint density at radius 3 is 1.95 bits per heavy atom. The highest BCUT2D eigenvalue weighted by molar-refractivity contribution is 6.09. The van der Waals surface area contributed by atoms with Crippen LogP contribution in [-0.4, -0.2) is 16.2 Å². The van der Waals surface area contributed by atoms with E-state index in [1.165, 1.54) is 11.6 Å². The molecule has 0 spiro atoms. The van der Waals surface area contributed by atoms with Crippen LogP contribution in [0.25, 0.3) is 61.0 Å². The average Bonchev–Trinajstić information content (AvgIpc) is 1.99. The molecule has 0 atom stereocenters. The van der Waals surface area contributed by atoms with Gasteiger partial charge in [0.05, 0.1) is 28.1 Å². The molecule has 0 saturated heterocycles. The van der Waals surface area contributed by atoms with E-state index in [2.05, 4.69) is 83.7 Å². The molecule has 0 bridgehead atoms. The van der Waals surface area contributed by atoms with Gasteiger partial charge in [0.2, 0.25) is 0 Å². The third-order valence-corrected chi connectivity index (χ3v) is 13.6. The molecule has 0 radical (unpaired) electrons. The molecule has 0 amide bonds. The monoisotopic (exact) mass is 965 g/mol. The molecule has 1 aliphatic rings. The molecule has 5 nitrogen and oxygen atoms in total. The second-order valence-corrected chi connectivity index (χ2v) is 20.7. The lowest BCUT2D eigenvalue weighted by Crippen LogP contribution is -2.25. The number of aromatic nitrogens is 2. The molecule has 0 unspecified atom stereocenters. The first-order valence-corrected chi connectivity index (χ1v) is 25.2. The Labute approximate surface area is 446 Å². The molecule has 0 fully saturated rings. The Morgan fingerprint density at radius 1 is 0.548 bits per heavy atom. The molecule has 3 heterocycles. The van der Waals surface area contributed by atoms with Crippen molar-refractivity contribution < 1.29 is 18.4 Å². The first-order chi connectivity index (χ1) is 39.2. The van der Waals surface area contributed by atoms with Gasteiger partial charge in [0.25, 0.3) is 0 Å². The van der Waals surface area contributed by atoms with Gasteiger partial charge in [0, 0.05) is 59.6 Å². The summed E-state index contributed by atoms with van der Waals surface area (Å²) in [6.45, 7) is 8.95. The molecular weight excluding hydrogens is 889 g/mol. The number of pyridine rings is 1. The molecular formula is C68H66N4O. The highest BCUT2D eigenvalue weighted by Gasteiger charge is 2.32. The van der Waals surface area contributed by atoms with Crippen molar-refractivity contribution in [2.24, 2.45) is 11.8 Å². The Bertz CT molecular complexity index is 4080. The molecule has 1 aliphatic heterocycles. The van der Waals surface area contributed by atoms with Crippen LogP contribution in [0.1, 0.15) is 90.0 Å². The first kappa shape index (κ1) is 36.9. The first-order valence-electron chi connectivity index (χ1n) is 30.2. The number of ether oxygens (including phenoxy) is 1. The van der Waals surface area contributed by atoms with Crippen molar-refractivity contribution in [1.82, 2.24) is 9.55 Å². The second kappa shape index (κ2) is 19.3. The summed E-state index contributed by atoms with van der Waals surface area (Å²) < 4.78 is 98.3. The lowest BCUT2D eigenvalue weighted by Gasteiger charge is -2.28. The van der Waals surface area contributed by atoms with Gasteiger partial charge in [0.15, 0.2) is 0 Å². The largest absolute Gasteiger partial charge is 0.457 e. The van der Waals surface area contributed by atoms with E-state index in [4.69, 9.17) is 17.9 Å². The highest BCUT2D eigenvalue weighted by atomic mass is 16.5. The second-order valence-electron chi connectivity index (χ2n) is 20.7. The fraction of sp³-hybridized carbons (Fsp3) is 0.221. The van der Waals surface area contributed by atoms with E-state index in [-0.39, 0.29) is 28.8 Å². The van der Waals surface area contributed by atoms with Gasteiger partial charge in [-0.1, -0.05) is 164 Å². The van der Waals surface area contributed by atoms with Crippen LogP contribution in [0.3, 0.4) is 0 Å². The Kier molecular flexibility index (Phi) is 9.75. The molecule has 364 valence electrons. The number of aryl methyl sites for hydroxylation is 2. The minimum Gasteiger partial charge on any atom is -0.457 e. The molecule has 0 N–H and O–H groups in total. The predicted molar refractivity (Wildman–Crippen MR) is 309 cm³/mol. The average molecular weight is 965 g/mol. The number of benzene rings is 8. The summed E-state index contributed by atoms with van der Waals surface area (Å²) >= 11 is 0. The van der Waals surface area contributed by atoms with Crippen molar-refractivity contribution in [2.45, 2.75) is 80.3 Å². The predicted octanol–water partition coefficient (Wildman–Crippen LogP) is 18.5. The minimum atomic E-state index is -2.66. The zero-order valence-electron chi connectivity index (χ0n) is 52.5. The quantitative estimate of drug-likeness (QED) is 0.122. The normalized spacial score (nSPS) is 15.5. The molecule has 10 aromatic rings. The van der Waals surface area contributed by atoms with E-state index < -0.39 is 38.3 Å². The van der Waals surface area contributed by atoms with Crippen LogP contribution in [0.5, 0.6) is 11.5 Å². The van der Waals surface area contributed by atoms with E-state index in [0.29, 0.717) is 56.1 Å². The summed E-state index contributed by atoms with van der Waals surface area (Å²) in [5, 5.41) is 2.18. The zero-order chi connectivity index (χ0) is 59.1. The summed E-state index contributed by atoms with van der Waals surface area (Å²) in [6, 6.07) is 57.5. The van der Waals surface area contributed by atoms with Gasteiger partial charge in [-0.25, -0.2) is 4.98 Å². The van der Waals surface area contributed by atoms with Crippen LogP contribution in [0.15, 0.2) is 188 Å². The molecule has 5 heteroatoms. The Balaban J connectivity index is 1.06. The number of fused-ring (bicyclic) bond motifs is 4. The summed E-state index contributed by atoms with van der Waals surface area (Å²) in [7, 11) is 0. The lowest BCUT2D eigenvalue weighted by atomic mass is 9.88. The van der Waals surface area contributed by atoms with Gasteiger partial charge in [-0.05, 0) is 148 Å². The Hall–Kier alpha value is -7.89. The van der Waals surface area contributed by atoms with E-state index in [0.717, 1.165) is 44.7 Å². The third kappa shape index (κ3) is 9.30. The fourth-order valence-corrected chi connectivity index (χ4v) is 10.3. The van der Waals surface area contributed by atoms with Crippen molar-refractivity contribution in [3.8, 4) is 50.7 Å².